The van der Waals surface area contributed by atoms with Crippen LogP contribution in [0.1, 0.15) is 16.9 Å². The number of aromatic nitrogens is 1. The Hall–Kier alpha value is -2.05. The van der Waals surface area contributed by atoms with Gasteiger partial charge in [-0.2, -0.15) is 0 Å². The lowest BCUT2D eigenvalue weighted by Crippen LogP contribution is -2.40. The summed E-state index contributed by atoms with van der Waals surface area (Å²) in [4.78, 5) is 28.8. The Morgan fingerprint density at radius 2 is 2.17 bits per heavy atom. The minimum atomic E-state index is -1.05. The summed E-state index contributed by atoms with van der Waals surface area (Å²) in [5.41, 5.74) is 0.0241. The Labute approximate surface area is 138 Å². The Bertz CT molecular complexity index is 773. The number of hydrogen-bond donors (Lipinski definition) is 2. The zero-order valence-electron chi connectivity index (χ0n) is 12.6. The number of carbonyl (C=O) groups excluding carboxylic acids is 1. The summed E-state index contributed by atoms with van der Waals surface area (Å²) in [7, 11) is 1.46. The second kappa shape index (κ2) is 5.86. The summed E-state index contributed by atoms with van der Waals surface area (Å²) < 4.78 is 5.04. The van der Waals surface area contributed by atoms with E-state index >= 15 is 0 Å². The number of amides is 1. The van der Waals surface area contributed by atoms with Crippen molar-refractivity contribution in [3.8, 4) is 0 Å². The molecular weight excluding hydrogens is 320 g/mol. The molecule has 1 atom stereocenters. The molecule has 1 aliphatic rings. The van der Waals surface area contributed by atoms with Crippen molar-refractivity contribution < 1.29 is 19.4 Å². The molecule has 0 saturated carbocycles. The van der Waals surface area contributed by atoms with Crippen LogP contribution in [0.25, 0.3) is 10.9 Å². The third kappa shape index (κ3) is 2.58. The summed E-state index contributed by atoms with van der Waals surface area (Å²) >= 11 is 6.31. The minimum Gasteiger partial charge on any atom is -0.481 e. The van der Waals surface area contributed by atoms with E-state index in [2.05, 4.69) is 4.98 Å². The zero-order valence-corrected chi connectivity index (χ0v) is 13.4. The van der Waals surface area contributed by atoms with Crippen molar-refractivity contribution in [1.82, 2.24) is 9.88 Å². The molecule has 1 amide bonds. The number of nitrogens with one attached hydrogen (secondary N) is 1. The highest BCUT2D eigenvalue weighted by atomic mass is 35.5. The molecule has 23 heavy (non-hydrogen) atoms. The predicted octanol–water partition coefficient (Wildman–Crippen LogP) is 2.38. The van der Waals surface area contributed by atoms with Crippen LogP contribution >= 0.6 is 11.6 Å². The summed E-state index contributed by atoms with van der Waals surface area (Å²) in [6, 6.07) is 7.38. The third-order valence-corrected chi connectivity index (χ3v) is 4.76. The molecule has 1 saturated heterocycles. The molecule has 1 fully saturated rings. The van der Waals surface area contributed by atoms with Crippen LogP contribution in [0.5, 0.6) is 0 Å². The van der Waals surface area contributed by atoms with E-state index in [1.165, 1.54) is 12.0 Å². The van der Waals surface area contributed by atoms with Crippen molar-refractivity contribution in [1.29, 1.82) is 0 Å². The molecule has 2 heterocycles. The van der Waals surface area contributed by atoms with E-state index in [4.69, 9.17) is 16.3 Å². The number of ether oxygens (including phenoxy) is 1. The van der Waals surface area contributed by atoms with Gasteiger partial charge in [-0.05, 0) is 12.5 Å². The molecule has 0 radical (unpaired) electrons. The maximum absolute atomic E-state index is 12.7. The molecule has 1 aromatic carbocycles. The van der Waals surface area contributed by atoms with Crippen LogP contribution in [0.3, 0.4) is 0 Å². The van der Waals surface area contributed by atoms with Crippen molar-refractivity contribution in [2.45, 2.75) is 6.42 Å². The lowest BCUT2D eigenvalue weighted by atomic mass is 9.88. The number of fused-ring (bicyclic) bond motifs is 1. The van der Waals surface area contributed by atoms with Crippen molar-refractivity contribution in [3.63, 3.8) is 0 Å². The number of halogens is 1. The molecule has 1 aliphatic heterocycles. The number of aliphatic carboxylic acids is 1. The predicted molar refractivity (Wildman–Crippen MR) is 85.8 cm³/mol. The van der Waals surface area contributed by atoms with Gasteiger partial charge in [0.05, 0.1) is 11.6 Å². The smallest absolute Gasteiger partial charge is 0.313 e. The molecule has 0 aliphatic carbocycles. The molecule has 1 aromatic heterocycles. The molecular formula is C16H17ClN2O4. The molecule has 122 valence electrons. The van der Waals surface area contributed by atoms with E-state index in [-0.39, 0.29) is 19.1 Å². The van der Waals surface area contributed by atoms with Crippen molar-refractivity contribution in [2.24, 2.45) is 5.41 Å². The maximum Gasteiger partial charge on any atom is 0.313 e. The van der Waals surface area contributed by atoms with Gasteiger partial charge in [0.15, 0.2) is 0 Å². The molecule has 2 aromatic rings. The summed E-state index contributed by atoms with van der Waals surface area (Å²) in [6.07, 6.45) is 0.361. The van der Waals surface area contributed by atoms with Gasteiger partial charge in [0.1, 0.15) is 11.1 Å². The average Bonchev–Trinajstić information content (AvgIpc) is 3.11. The van der Waals surface area contributed by atoms with Crippen LogP contribution in [-0.2, 0) is 9.53 Å². The van der Waals surface area contributed by atoms with Gasteiger partial charge in [-0.1, -0.05) is 29.8 Å². The van der Waals surface area contributed by atoms with Gasteiger partial charge in [0.25, 0.3) is 5.91 Å². The lowest BCUT2D eigenvalue weighted by Gasteiger charge is -2.23. The summed E-state index contributed by atoms with van der Waals surface area (Å²) in [5.74, 6) is -1.23. The highest BCUT2D eigenvalue weighted by molar-refractivity contribution is 6.38. The first-order valence-electron chi connectivity index (χ1n) is 7.26. The first-order chi connectivity index (χ1) is 11.0. The second-order valence-corrected chi connectivity index (χ2v) is 6.23. The van der Waals surface area contributed by atoms with Crippen LogP contribution in [-0.4, -0.2) is 53.7 Å². The van der Waals surface area contributed by atoms with Gasteiger partial charge in [0.2, 0.25) is 0 Å². The van der Waals surface area contributed by atoms with Gasteiger partial charge < -0.3 is 19.7 Å². The van der Waals surface area contributed by atoms with Gasteiger partial charge in [-0.3, -0.25) is 9.59 Å². The molecule has 7 heteroatoms. The quantitative estimate of drug-likeness (QED) is 0.898. The van der Waals surface area contributed by atoms with Crippen LogP contribution < -0.4 is 0 Å². The van der Waals surface area contributed by atoms with Crippen molar-refractivity contribution >= 4 is 34.4 Å². The van der Waals surface area contributed by atoms with Crippen LogP contribution in [0.2, 0.25) is 5.02 Å². The fourth-order valence-electron chi connectivity index (χ4n) is 3.09. The number of rotatable bonds is 4. The number of aromatic amines is 1. The number of benzene rings is 1. The topological polar surface area (TPSA) is 82.6 Å². The van der Waals surface area contributed by atoms with Crippen LogP contribution in [0, 0.1) is 5.41 Å². The minimum absolute atomic E-state index is 0.0759. The standard InChI is InChI=1S/C16H17ClN2O4/c1-23-9-16(15(21)22)6-7-19(8-16)14(20)13-12(17)10-4-2-3-5-11(10)18-13/h2-5,18H,6-9H2,1H3,(H,21,22). The number of methoxy groups -OCH3 is 1. The molecule has 1 unspecified atom stereocenters. The SMILES string of the molecule is COCC1(C(=O)O)CCN(C(=O)c2[nH]c3ccccc3c2Cl)C1. The number of carboxylic acids is 1. The monoisotopic (exact) mass is 336 g/mol. The fraction of sp³-hybridized carbons (Fsp3) is 0.375. The largest absolute Gasteiger partial charge is 0.481 e. The normalized spacial score (nSPS) is 21.0. The number of hydrogen-bond acceptors (Lipinski definition) is 3. The first kappa shape index (κ1) is 15.8. The summed E-state index contributed by atoms with van der Waals surface area (Å²) in [5, 5.41) is 10.6. The first-order valence-corrected chi connectivity index (χ1v) is 7.64. The Balaban J connectivity index is 1.89. The van der Waals surface area contributed by atoms with Gasteiger partial charge >= 0.3 is 5.97 Å². The number of H-pyrrole nitrogens is 1. The molecule has 2 N–H and O–H groups in total. The number of nitrogens with zero attached hydrogens (tertiary/aromatic N) is 1. The Morgan fingerprint density at radius 1 is 1.43 bits per heavy atom. The van der Waals surface area contributed by atoms with E-state index in [9.17, 15) is 14.7 Å². The fourth-order valence-corrected chi connectivity index (χ4v) is 3.38. The van der Waals surface area contributed by atoms with E-state index in [1.54, 1.807) is 0 Å². The molecule has 3 rings (SSSR count). The van der Waals surface area contributed by atoms with Gasteiger partial charge in [-0.15, -0.1) is 0 Å². The highest BCUT2D eigenvalue weighted by Crippen LogP contribution is 2.34. The van der Waals surface area contributed by atoms with Crippen LogP contribution in [0.15, 0.2) is 24.3 Å². The molecule has 0 bridgehead atoms. The summed E-state index contributed by atoms with van der Waals surface area (Å²) in [6.45, 7) is 0.549. The Morgan fingerprint density at radius 3 is 2.83 bits per heavy atom. The van der Waals surface area contributed by atoms with Crippen LogP contribution in [0.4, 0.5) is 0 Å². The average molecular weight is 337 g/mol. The van der Waals surface area contributed by atoms with Crippen molar-refractivity contribution in [2.75, 3.05) is 26.8 Å². The number of carbonyl (C=O) groups is 2. The zero-order chi connectivity index (χ0) is 16.6. The Kier molecular flexibility index (Phi) is 4.04. The lowest BCUT2D eigenvalue weighted by molar-refractivity contribution is -0.151. The number of para-hydroxylation sites is 1. The third-order valence-electron chi connectivity index (χ3n) is 4.37. The van der Waals surface area contributed by atoms with Gasteiger partial charge in [0, 0.05) is 31.1 Å². The molecule has 6 nitrogen and oxygen atoms in total. The number of carboxylic acid groups (broad SMARTS) is 1. The second-order valence-electron chi connectivity index (χ2n) is 5.85. The van der Waals surface area contributed by atoms with E-state index in [0.717, 1.165) is 10.9 Å². The van der Waals surface area contributed by atoms with E-state index in [0.29, 0.717) is 23.7 Å². The maximum atomic E-state index is 12.7. The molecule has 0 spiro atoms. The van der Waals surface area contributed by atoms with Gasteiger partial charge in [-0.25, -0.2) is 0 Å². The van der Waals surface area contributed by atoms with E-state index in [1.807, 2.05) is 24.3 Å². The van der Waals surface area contributed by atoms with E-state index < -0.39 is 11.4 Å². The van der Waals surface area contributed by atoms with Crippen molar-refractivity contribution in [3.05, 3.63) is 35.0 Å². The number of likely N-dealkylation sites (tertiary alicyclic amines) is 1. The highest BCUT2D eigenvalue weighted by Gasteiger charge is 2.47.